The number of nitrogens with one attached hydrogen (secondary N) is 1. The minimum absolute atomic E-state index is 0.174. The first-order valence-electron chi connectivity index (χ1n) is 5.84. The molecule has 3 nitrogen and oxygen atoms in total. The van der Waals surface area contributed by atoms with E-state index in [2.05, 4.69) is 55.0 Å². The summed E-state index contributed by atoms with van der Waals surface area (Å²) in [6, 6.07) is 8.25. The smallest absolute Gasteiger partial charge is 0.127 e. The van der Waals surface area contributed by atoms with Gasteiger partial charge in [-0.3, -0.25) is 0 Å². The van der Waals surface area contributed by atoms with E-state index in [-0.39, 0.29) is 11.5 Å². The summed E-state index contributed by atoms with van der Waals surface area (Å²) in [7, 11) is 0. The van der Waals surface area contributed by atoms with Crippen molar-refractivity contribution in [1.29, 1.82) is 0 Å². The Morgan fingerprint density at radius 3 is 2.29 bits per heavy atom. The Bertz CT molecular complexity index is 463. The van der Waals surface area contributed by atoms with Crippen LogP contribution in [0.5, 0.6) is 0 Å². The van der Waals surface area contributed by atoms with Gasteiger partial charge in [-0.1, -0.05) is 45.0 Å². The van der Waals surface area contributed by atoms with Crippen LogP contribution in [-0.4, -0.2) is 9.97 Å². The maximum atomic E-state index is 6.13. The molecule has 17 heavy (non-hydrogen) atoms. The molecule has 2 aromatic rings. The Morgan fingerprint density at radius 1 is 1.18 bits per heavy atom. The van der Waals surface area contributed by atoms with E-state index in [9.17, 15) is 0 Å². The zero-order valence-corrected chi connectivity index (χ0v) is 10.6. The van der Waals surface area contributed by atoms with Crippen molar-refractivity contribution in [1.82, 2.24) is 9.97 Å². The Labute approximate surface area is 102 Å². The first kappa shape index (κ1) is 11.9. The van der Waals surface area contributed by atoms with Gasteiger partial charge in [-0.2, -0.15) is 0 Å². The first-order valence-corrected chi connectivity index (χ1v) is 5.84. The van der Waals surface area contributed by atoms with Crippen molar-refractivity contribution < 1.29 is 0 Å². The van der Waals surface area contributed by atoms with Gasteiger partial charge in [-0.15, -0.1) is 0 Å². The molecule has 0 radical (unpaired) electrons. The highest BCUT2D eigenvalue weighted by Crippen LogP contribution is 2.24. The van der Waals surface area contributed by atoms with Gasteiger partial charge in [0.05, 0.1) is 6.04 Å². The van der Waals surface area contributed by atoms with Crippen LogP contribution >= 0.6 is 0 Å². The van der Waals surface area contributed by atoms with E-state index >= 15 is 0 Å². The summed E-state index contributed by atoms with van der Waals surface area (Å²) in [4.78, 5) is 7.23. The van der Waals surface area contributed by atoms with E-state index in [1.165, 1.54) is 5.56 Å². The van der Waals surface area contributed by atoms with Crippen molar-refractivity contribution in [2.45, 2.75) is 32.2 Å². The molecule has 0 aliphatic rings. The summed E-state index contributed by atoms with van der Waals surface area (Å²) >= 11 is 0. The molecule has 1 aromatic carbocycles. The van der Waals surface area contributed by atoms with Crippen molar-refractivity contribution in [2.75, 3.05) is 0 Å². The highest BCUT2D eigenvalue weighted by molar-refractivity contribution is 5.31. The molecule has 0 saturated carbocycles. The van der Waals surface area contributed by atoms with Crippen LogP contribution in [0.3, 0.4) is 0 Å². The van der Waals surface area contributed by atoms with Crippen LogP contribution in [0.4, 0.5) is 0 Å². The van der Waals surface area contributed by atoms with Gasteiger partial charge in [0.1, 0.15) is 5.82 Å². The van der Waals surface area contributed by atoms with Crippen LogP contribution in [0, 0.1) is 0 Å². The number of aromatic amines is 1. The third kappa shape index (κ3) is 2.56. The zero-order chi connectivity index (χ0) is 12.5. The molecule has 0 aliphatic carbocycles. The van der Waals surface area contributed by atoms with E-state index in [1.807, 2.05) is 0 Å². The Hall–Kier alpha value is -1.61. The van der Waals surface area contributed by atoms with E-state index in [0.29, 0.717) is 0 Å². The number of hydrogen-bond donors (Lipinski definition) is 2. The number of nitrogens with two attached hydrogens (primary N) is 1. The molecule has 1 heterocycles. The summed E-state index contributed by atoms with van der Waals surface area (Å²) in [5, 5.41) is 0. The molecular weight excluding hydrogens is 210 g/mol. The van der Waals surface area contributed by atoms with Gasteiger partial charge in [0, 0.05) is 12.4 Å². The first-order chi connectivity index (χ1) is 7.98. The predicted molar refractivity (Wildman–Crippen MR) is 69.8 cm³/mol. The second kappa shape index (κ2) is 4.34. The quantitative estimate of drug-likeness (QED) is 0.832. The molecule has 1 aromatic heterocycles. The van der Waals surface area contributed by atoms with Gasteiger partial charge in [-0.25, -0.2) is 4.98 Å². The van der Waals surface area contributed by atoms with Gasteiger partial charge in [0.25, 0.3) is 0 Å². The second-order valence-electron chi connectivity index (χ2n) is 5.32. The van der Waals surface area contributed by atoms with Crippen LogP contribution in [0.15, 0.2) is 36.7 Å². The molecule has 0 aliphatic heterocycles. The lowest BCUT2D eigenvalue weighted by atomic mass is 9.86. The molecule has 0 fully saturated rings. The number of aromatic nitrogens is 2. The minimum atomic E-state index is -0.181. The molecule has 1 atom stereocenters. The lowest BCUT2D eigenvalue weighted by Gasteiger charge is -2.20. The molecule has 0 amide bonds. The minimum Gasteiger partial charge on any atom is -0.347 e. The molecule has 1 unspecified atom stereocenters. The third-order valence-electron chi connectivity index (χ3n) is 2.95. The fraction of sp³-hybridized carbons (Fsp3) is 0.357. The Kier molecular flexibility index (Phi) is 3.03. The van der Waals surface area contributed by atoms with Gasteiger partial charge in [0.15, 0.2) is 0 Å². The van der Waals surface area contributed by atoms with Crippen molar-refractivity contribution >= 4 is 0 Å². The molecule has 3 heteroatoms. The maximum absolute atomic E-state index is 6.13. The van der Waals surface area contributed by atoms with Crippen molar-refractivity contribution in [2.24, 2.45) is 5.73 Å². The van der Waals surface area contributed by atoms with E-state index < -0.39 is 0 Å². The summed E-state index contributed by atoms with van der Waals surface area (Å²) < 4.78 is 0. The molecule has 3 N–H and O–H groups in total. The highest BCUT2D eigenvalue weighted by atomic mass is 14.9. The molecular formula is C14H19N3. The van der Waals surface area contributed by atoms with E-state index in [0.717, 1.165) is 11.4 Å². The number of rotatable bonds is 2. The average molecular weight is 229 g/mol. The molecule has 0 spiro atoms. The molecule has 0 bridgehead atoms. The lowest BCUT2D eigenvalue weighted by Crippen LogP contribution is -2.15. The van der Waals surface area contributed by atoms with Crippen LogP contribution < -0.4 is 5.73 Å². The fourth-order valence-electron chi connectivity index (χ4n) is 1.80. The predicted octanol–water partition coefficient (Wildman–Crippen LogP) is 2.76. The van der Waals surface area contributed by atoms with Gasteiger partial charge < -0.3 is 10.7 Å². The Balaban J connectivity index is 2.24. The topological polar surface area (TPSA) is 54.7 Å². The highest BCUT2D eigenvalue weighted by Gasteiger charge is 2.15. The van der Waals surface area contributed by atoms with Crippen molar-refractivity contribution in [3.05, 3.63) is 53.6 Å². The van der Waals surface area contributed by atoms with Gasteiger partial charge >= 0.3 is 0 Å². The average Bonchev–Trinajstić information content (AvgIpc) is 2.80. The van der Waals surface area contributed by atoms with Crippen molar-refractivity contribution in [3.8, 4) is 0 Å². The summed E-state index contributed by atoms with van der Waals surface area (Å²) in [6.45, 7) is 6.61. The van der Waals surface area contributed by atoms with E-state index in [1.54, 1.807) is 12.4 Å². The zero-order valence-electron chi connectivity index (χ0n) is 10.6. The number of benzene rings is 1. The monoisotopic (exact) mass is 229 g/mol. The third-order valence-corrected chi connectivity index (χ3v) is 2.95. The summed E-state index contributed by atoms with van der Waals surface area (Å²) in [6.07, 6.45) is 3.51. The van der Waals surface area contributed by atoms with Crippen LogP contribution in [0.2, 0.25) is 0 Å². The van der Waals surface area contributed by atoms with Crippen LogP contribution in [-0.2, 0) is 5.41 Å². The molecule has 2 rings (SSSR count). The standard InChI is InChI=1S/C14H19N3/c1-14(2,3)11-6-4-10(5-7-11)12(15)13-16-8-9-17-13/h4-9,12H,15H2,1-3H3,(H,16,17). The summed E-state index contributed by atoms with van der Waals surface area (Å²) in [5.41, 5.74) is 8.69. The maximum Gasteiger partial charge on any atom is 0.127 e. The number of imidazole rings is 1. The number of nitrogens with zero attached hydrogens (tertiary/aromatic N) is 1. The lowest BCUT2D eigenvalue weighted by molar-refractivity contribution is 0.589. The number of hydrogen-bond acceptors (Lipinski definition) is 2. The second-order valence-corrected chi connectivity index (χ2v) is 5.32. The van der Waals surface area contributed by atoms with Gasteiger partial charge in [-0.05, 0) is 16.5 Å². The van der Waals surface area contributed by atoms with Crippen LogP contribution in [0.25, 0.3) is 0 Å². The fourth-order valence-corrected chi connectivity index (χ4v) is 1.80. The van der Waals surface area contributed by atoms with Gasteiger partial charge in [0.2, 0.25) is 0 Å². The van der Waals surface area contributed by atoms with Crippen LogP contribution in [0.1, 0.15) is 43.8 Å². The van der Waals surface area contributed by atoms with Crippen molar-refractivity contribution in [3.63, 3.8) is 0 Å². The van der Waals surface area contributed by atoms with E-state index in [4.69, 9.17) is 5.73 Å². The molecule has 90 valence electrons. The normalized spacial score (nSPS) is 13.6. The number of H-pyrrole nitrogens is 1. The Morgan fingerprint density at radius 2 is 1.82 bits per heavy atom. The summed E-state index contributed by atoms with van der Waals surface area (Å²) in [5.74, 6) is 0.800. The largest absolute Gasteiger partial charge is 0.347 e. The SMILES string of the molecule is CC(C)(C)c1ccc(C(N)c2ncc[nH]2)cc1. The molecule has 0 saturated heterocycles.